The molecule has 0 saturated heterocycles. The highest BCUT2D eigenvalue weighted by molar-refractivity contribution is 7.14. The first-order chi connectivity index (χ1) is 11.5. The summed E-state index contributed by atoms with van der Waals surface area (Å²) in [5.41, 5.74) is 1.41. The number of carbonyl (C=O) groups excluding carboxylic acids is 1. The first-order valence-corrected chi connectivity index (χ1v) is 7.67. The zero-order valence-electron chi connectivity index (χ0n) is 12.4. The van der Waals surface area contributed by atoms with E-state index in [2.05, 4.69) is 25.6 Å². The molecule has 1 amide bonds. The van der Waals surface area contributed by atoms with Crippen molar-refractivity contribution in [1.29, 1.82) is 0 Å². The van der Waals surface area contributed by atoms with Crippen LogP contribution in [0, 0.1) is 18.6 Å². The van der Waals surface area contributed by atoms with Crippen LogP contribution >= 0.6 is 11.3 Å². The van der Waals surface area contributed by atoms with E-state index in [-0.39, 0.29) is 11.4 Å². The number of amides is 1. The van der Waals surface area contributed by atoms with Gasteiger partial charge in [-0.2, -0.15) is 0 Å². The number of rotatable bonds is 4. The Bertz CT molecular complexity index is 899. The summed E-state index contributed by atoms with van der Waals surface area (Å²) in [5.74, 6) is -0.920. The molecule has 0 aliphatic heterocycles. The van der Waals surface area contributed by atoms with Crippen LogP contribution in [0.4, 0.5) is 25.3 Å². The van der Waals surface area contributed by atoms with Crippen molar-refractivity contribution in [3.63, 3.8) is 0 Å². The van der Waals surface area contributed by atoms with E-state index in [4.69, 9.17) is 0 Å². The molecule has 6 nitrogen and oxygen atoms in total. The smallest absolute Gasteiger partial charge is 0.278 e. The van der Waals surface area contributed by atoms with Gasteiger partial charge in [-0.25, -0.2) is 23.7 Å². The van der Waals surface area contributed by atoms with E-state index in [0.29, 0.717) is 16.6 Å². The van der Waals surface area contributed by atoms with Crippen molar-refractivity contribution in [2.45, 2.75) is 6.92 Å². The van der Waals surface area contributed by atoms with Crippen molar-refractivity contribution in [3.8, 4) is 0 Å². The maximum absolute atomic E-state index is 13.7. The van der Waals surface area contributed by atoms with Crippen LogP contribution in [0.3, 0.4) is 0 Å². The number of carbonyl (C=O) groups is 1. The van der Waals surface area contributed by atoms with Crippen LogP contribution < -0.4 is 10.6 Å². The van der Waals surface area contributed by atoms with Crippen molar-refractivity contribution in [1.82, 2.24) is 15.0 Å². The standard InChI is InChI=1S/C15H11F2N5OS/c1-8-18-5-4-12(20-8)22-14(23)13-15(24-7-19-13)21-11-6-9(16)2-3-10(11)17/h2-7,21H,1H3,(H,18,20,22,23). The second-order valence-electron chi connectivity index (χ2n) is 4.72. The third kappa shape index (κ3) is 3.51. The van der Waals surface area contributed by atoms with Crippen molar-refractivity contribution in [2.24, 2.45) is 0 Å². The van der Waals surface area contributed by atoms with Gasteiger partial charge in [0, 0.05) is 12.3 Å². The van der Waals surface area contributed by atoms with Crippen LogP contribution in [0.1, 0.15) is 16.3 Å². The largest absolute Gasteiger partial charge is 0.343 e. The molecule has 1 aromatic carbocycles. The third-order valence-corrected chi connectivity index (χ3v) is 3.72. The highest BCUT2D eigenvalue weighted by Gasteiger charge is 2.17. The number of benzene rings is 1. The fraction of sp³-hybridized carbons (Fsp3) is 0.0667. The van der Waals surface area contributed by atoms with Gasteiger partial charge in [-0.15, -0.1) is 11.3 Å². The summed E-state index contributed by atoms with van der Waals surface area (Å²) in [7, 11) is 0. The van der Waals surface area contributed by atoms with Gasteiger partial charge in [-0.1, -0.05) is 0 Å². The Morgan fingerprint density at radius 1 is 1.21 bits per heavy atom. The second-order valence-corrected chi connectivity index (χ2v) is 5.58. The second kappa shape index (κ2) is 6.67. The van der Waals surface area contributed by atoms with E-state index in [1.807, 2.05) is 0 Å². The normalized spacial score (nSPS) is 10.5. The fourth-order valence-electron chi connectivity index (χ4n) is 1.91. The highest BCUT2D eigenvalue weighted by Crippen LogP contribution is 2.27. The molecule has 0 spiro atoms. The molecule has 24 heavy (non-hydrogen) atoms. The van der Waals surface area contributed by atoms with Gasteiger partial charge in [0.15, 0.2) is 5.69 Å². The summed E-state index contributed by atoms with van der Waals surface area (Å²) in [6, 6.07) is 4.56. The lowest BCUT2D eigenvalue weighted by molar-refractivity contribution is 0.102. The Morgan fingerprint density at radius 3 is 2.83 bits per heavy atom. The van der Waals surface area contributed by atoms with Gasteiger partial charge in [-0.05, 0) is 25.1 Å². The average molecular weight is 347 g/mol. The summed E-state index contributed by atoms with van der Waals surface area (Å²) in [5, 5.41) is 5.56. The Hall–Kier alpha value is -2.94. The molecule has 2 aromatic heterocycles. The van der Waals surface area contributed by atoms with Gasteiger partial charge in [0.2, 0.25) is 0 Å². The lowest BCUT2D eigenvalue weighted by Gasteiger charge is -2.08. The van der Waals surface area contributed by atoms with Crippen LogP contribution in [0.2, 0.25) is 0 Å². The molecular formula is C15H11F2N5OS. The number of halogens is 2. The van der Waals surface area contributed by atoms with Crippen LogP contribution in [0.25, 0.3) is 0 Å². The van der Waals surface area contributed by atoms with Gasteiger partial charge in [0.1, 0.15) is 28.3 Å². The van der Waals surface area contributed by atoms with E-state index in [1.165, 1.54) is 17.8 Å². The number of hydrogen-bond acceptors (Lipinski definition) is 6. The van der Waals surface area contributed by atoms with Crippen molar-refractivity contribution < 1.29 is 13.6 Å². The topological polar surface area (TPSA) is 79.8 Å². The van der Waals surface area contributed by atoms with Gasteiger partial charge in [-0.3, -0.25) is 4.79 Å². The molecule has 0 fully saturated rings. The molecule has 0 bridgehead atoms. The number of nitrogens with one attached hydrogen (secondary N) is 2. The summed E-state index contributed by atoms with van der Waals surface area (Å²) in [4.78, 5) is 24.3. The number of anilines is 3. The zero-order valence-corrected chi connectivity index (χ0v) is 13.2. The van der Waals surface area contributed by atoms with E-state index < -0.39 is 17.5 Å². The zero-order chi connectivity index (χ0) is 17.1. The number of nitrogens with zero attached hydrogens (tertiary/aromatic N) is 3. The predicted molar refractivity (Wildman–Crippen MR) is 86.5 cm³/mol. The molecule has 0 saturated carbocycles. The minimum absolute atomic E-state index is 0.0555. The minimum atomic E-state index is -0.636. The van der Waals surface area contributed by atoms with Crippen molar-refractivity contribution in [2.75, 3.05) is 10.6 Å². The van der Waals surface area contributed by atoms with Crippen LogP contribution in [-0.4, -0.2) is 20.9 Å². The lowest BCUT2D eigenvalue weighted by Crippen LogP contribution is -2.15. The molecule has 2 heterocycles. The molecule has 0 atom stereocenters. The van der Waals surface area contributed by atoms with Gasteiger partial charge < -0.3 is 10.6 Å². The number of thiazole rings is 1. The van der Waals surface area contributed by atoms with E-state index in [9.17, 15) is 13.6 Å². The van der Waals surface area contributed by atoms with Gasteiger partial charge >= 0.3 is 0 Å². The molecule has 0 unspecified atom stereocenters. The number of aryl methyl sites for hydroxylation is 1. The summed E-state index contributed by atoms with van der Waals surface area (Å²) in [6.45, 7) is 1.69. The summed E-state index contributed by atoms with van der Waals surface area (Å²) < 4.78 is 27.0. The Labute approximate surface area is 139 Å². The Kier molecular flexibility index (Phi) is 4.43. The highest BCUT2D eigenvalue weighted by atomic mass is 32.1. The van der Waals surface area contributed by atoms with Gasteiger partial charge in [0.05, 0.1) is 11.2 Å². The fourth-order valence-corrected chi connectivity index (χ4v) is 2.60. The predicted octanol–water partition coefficient (Wildman–Crippen LogP) is 3.52. The third-order valence-electron chi connectivity index (χ3n) is 2.98. The maximum atomic E-state index is 13.7. The first-order valence-electron chi connectivity index (χ1n) is 6.79. The van der Waals surface area contributed by atoms with E-state index in [1.54, 1.807) is 6.92 Å². The molecule has 3 aromatic rings. The molecular weight excluding hydrogens is 336 g/mol. The first kappa shape index (κ1) is 15.9. The molecule has 0 radical (unpaired) electrons. The quantitative estimate of drug-likeness (QED) is 0.755. The summed E-state index contributed by atoms with van der Waals surface area (Å²) >= 11 is 1.10. The number of hydrogen-bond donors (Lipinski definition) is 2. The SMILES string of the molecule is Cc1nccc(NC(=O)c2ncsc2Nc2cc(F)ccc2F)n1. The molecule has 0 aliphatic rings. The van der Waals surface area contributed by atoms with Crippen molar-refractivity contribution in [3.05, 3.63) is 59.1 Å². The lowest BCUT2D eigenvalue weighted by atomic mass is 10.3. The molecule has 0 aliphatic carbocycles. The van der Waals surface area contributed by atoms with Crippen LogP contribution in [-0.2, 0) is 0 Å². The average Bonchev–Trinajstić information content (AvgIpc) is 2.99. The molecule has 3 rings (SSSR count). The minimum Gasteiger partial charge on any atom is -0.343 e. The monoisotopic (exact) mass is 347 g/mol. The van der Waals surface area contributed by atoms with E-state index >= 15 is 0 Å². The molecule has 2 N–H and O–H groups in total. The van der Waals surface area contributed by atoms with E-state index in [0.717, 1.165) is 29.5 Å². The Balaban J connectivity index is 1.82. The Morgan fingerprint density at radius 2 is 2.04 bits per heavy atom. The van der Waals surface area contributed by atoms with Crippen molar-refractivity contribution >= 4 is 33.8 Å². The maximum Gasteiger partial charge on any atom is 0.278 e. The number of aromatic nitrogens is 3. The van der Waals surface area contributed by atoms with Gasteiger partial charge in [0.25, 0.3) is 5.91 Å². The molecule has 122 valence electrons. The van der Waals surface area contributed by atoms with Crippen LogP contribution in [0.15, 0.2) is 36.0 Å². The van der Waals surface area contributed by atoms with Crippen LogP contribution in [0.5, 0.6) is 0 Å². The summed E-state index contributed by atoms with van der Waals surface area (Å²) in [6.07, 6.45) is 1.51. The molecule has 9 heteroatoms.